The summed E-state index contributed by atoms with van der Waals surface area (Å²) in [5.74, 6) is 1.90. The molecule has 3 aromatic rings. The predicted molar refractivity (Wildman–Crippen MR) is 110 cm³/mol. The lowest BCUT2D eigenvalue weighted by Crippen LogP contribution is -2.25. The van der Waals surface area contributed by atoms with Crippen molar-refractivity contribution in [1.29, 1.82) is 0 Å². The van der Waals surface area contributed by atoms with E-state index in [0.717, 1.165) is 23.4 Å². The van der Waals surface area contributed by atoms with Crippen LogP contribution in [-0.2, 0) is 0 Å². The van der Waals surface area contributed by atoms with Gasteiger partial charge in [0.25, 0.3) is 0 Å². The molecule has 0 atom stereocenters. The number of hydrogen-bond donors (Lipinski definition) is 0. The van der Waals surface area contributed by atoms with Crippen LogP contribution in [-0.4, -0.2) is 38.3 Å². The van der Waals surface area contributed by atoms with Crippen LogP contribution in [0.15, 0.2) is 51.7 Å². The fourth-order valence-electron chi connectivity index (χ4n) is 3.70. The summed E-state index contributed by atoms with van der Waals surface area (Å²) in [6.45, 7) is 5.94. The van der Waals surface area contributed by atoms with Crippen molar-refractivity contribution in [2.75, 3.05) is 33.4 Å². The normalized spacial score (nSPS) is 14.5. The van der Waals surface area contributed by atoms with Gasteiger partial charge < -0.3 is 13.9 Å². The molecule has 0 unspecified atom stereocenters. The van der Waals surface area contributed by atoms with E-state index in [-0.39, 0.29) is 5.43 Å². The standard InChI is InChI=1S/C23H25NO4/c1-16-13-21(26-2)23-19(25)15-20(28-22(23)14-16)17-5-7-18(8-6-17)27-12-11-24-9-3-4-10-24/h5-8,13-15H,3-4,9-12H2,1-2H3. The summed E-state index contributed by atoms with van der Waals surface area (Å²) in [6.07, 6.45) is 2.58. The van der Waals surface area contributed by atoms with Crippen LogP contribution in [0.1, 0.15) is 18.4 Å². The zero-order chi connectivity index (χ0) is 19.5. The summed E-state index contributed by atoms with van der Waals surface area (Å²) in [4.78, 5) is 15.1. The minimum Gasteiger partial charge on any atom is -0.496 e. The number of likely N-dealkylation sites (tertiary alicyclic amines) is 1. The Morgan fingerprint density at radius 1 is 1.07 bits per heavy atom. The first-order valence-corrected chi connectivity index (χ1v) is 9.72. The summed E-state index contributed by atoms with van der Waals surface area (Å²) in [5.41, 5.74) is 2.24. The third kappa shape index (κ3) is 3.90. The van der Waals surface area contributed by atoms with Crippen LogP contribution >= 0.6 is 0 Å². The Labute approximate surface area is 164 Å². The minimum absolute atomic E-state index is 0.112. The Hall–Kier alpha value is -2.79. The van der Waals surface area contributed by atoms with Crippen LogP contribution in [0.25, 0.3) is 22.3 Å². The fourth-order valence-corrected chi connectivity index (χ4v) is 3.70. The Morgan fingerprint density at radius 3 is 2.54 bits per heavy atom. The van der Waals surface area contributed by atoms with E-state index >= 15 is 0 Å². The average Bonchev–Trinajstić information content (AvgIpc) is 3.21. The van der Waals surface area contributed by atoms with Gasteiger partial charge in [0.1, 0.15) is 34.8 Å². The summed E-state index contributed by atoms with van der Waals surface area (Å²) < 4.78 is 17.2. The summed E-state index contributed by atoms with van der Waals surface area (Å²) >= 11 is 0. The Kier molecular flexibility index (Phi) is 5.35. The molecule has 0 N–H and O–H groups in total. The maximum Gasteiger partial charge on any atom is 0.197 e. The lowest BCUT2D eigenvalue weighted by atomic mass is 10.1. The van der Waals surface area contributed by atoms with Crippen LogP contribution in [0.2, 0.25) is 0 Å². The lowest BCUT2D eigenvalue weighted by Gasteiger charge is -2.15. The highest BCUT2D eigenvalue weighted by molar-refractivity contribution is 5.85. The molecule has 1 aliphatic rings. The SMILES string of the molecule is COc1cc(C)cc2oc(-c3ccc(OCCN4CCCC4)cc3)cc(=O)c12. The Morgan fingerprint density at radius 2 is 1.82 bits per heavy atom. The quantitative estimate of drug-likeness (QED) is 0.641. The third-order valence-electron chi connectivity index (χ3n) is 5.17. The van der Waals surface area contributed by atoms with Crippen molar-refractivity contribution in [1.82, 2.24) is 4.90 Å². The summed E-state index contributed by atoms with van der Waals surface area (Å²) in [6, 6.07) is 12.9. The molecule has 28 heavy (non-hydrogen) atoms. The Bertz CT molecular complexity index is 1020. The summed E-state index contributed by atoms with van der Waals surface area (Å²) in [5, 5.41) is 0.471. The van der Waals surface area contributed by atoms with Gasteiger partial charge in [0.2, 0.25) is 0 Å². The molecule has 1 aromatic heterocycles. The number of fused-ring (bicyclic) bond motifs is 1. The largest absolute Gasteiger partial charge is 0.496 e. The van der Waals surface area contributed by atoms with E-state index in [1.807, 2.05) is 43.3 Å². The molecule has 2 heterocycles. The van der Waals surface area contributed by atoms with Crippen molar-refractivity contribution in [2.24, 2.45) is 0 Å². The monoisotopic (exact) mass is 379 g/mol. The van der Waals surface area contributed by atoms with Crippen molar-refractivity contribution in [3.8, 4) is 22.8 Å². The molecular formula is C23H25NO4. The van der Waals surface area contributed by atoms with E-state index < -0.39 is 0 Å². The van der Waals surface area contributed by atoms with Crippen molar-refractivity contribution in [3.63, 3.8) is 0 Å². The number of nitrogens with zero attached hydrogens (tertiary/aromatic N) is 1. The molecule has 146 valence electrons. The molecule has 4 rings (SSSR count). The molecule has 1 aliphatic heterocycles. The molecule has 0 radical (unpaired) electrons. The number of rotatable bonds is 6. The van der Waals surface area contributed by atoms with Crippen molar-refractivity contribution in [3.05, 3.63) is 58.3 Å². The molecule has 1 fully saturated rings. The van der Waals surface area contributed by atoms with Crippen LogP contribution in [0, 0.1) is 6.92 Å². The zero-order valence-electron chi connectivity index (χ0n) is 16.4. The number of hydrogen-bond acceptors (Lipinski definition) is 5. The second kappa shape index (κ2) is 8.07. The zero-order valence-corrected chi connectivity index (χ0v) is 16.4. The van der Waals surface area contributed by atoms with E-state index in [1.54, 1.807) is 7.11 Å². The first-order valence-electron chi connectivity index (χ1n) is 9.72. The van der Waals surface area contributed by atoms with E-state index in [4.69, 9.17) is 13.9 Å². The van der Waals surface area contributed by atoms with Gasteiger partial charge in [-0.05, 0) is 74.8 Å². The molecule has 0 spiro atoms. The number of benzene rings is 2. The molecule has 0 aliphatic carbocycles. The average molecular weight is 379 g/mol. The molecular weight excluding hydrogens is 354 g/mol. The van der Waals surface area contributed by atoms with E-state index in [0.29, 0.717) is 29.1 Å². The first-order chi connectivity index (χ1) is 13.6. The van der Waals surface area contributed by atoms with Crippen LogP contribution in [0.4, 0.5) is 0 Å². The maximum atomic E-state index is 12.6. The Balaban J connectivity index is 1.53. The second-order valence-electron chi connectivity index (χ2n) is 7.24. The highest BCUT2D eigenvalue weighted by Crippen LogP contribution is 2.29. The van der Waals surface area contributed by atoms with Crippen molar-refractivity contribution < 1.29 is 13.9 Å². The van der Waals surface area contributed by atoms with E-state index in [1.165, 1.54) is 32.0 Å². The fraction of sp³-hybridized carbons (Fsp3) is 0.348. The highest BCUT2D eigenvalue weighted by atomic mass is 16.5. The van der Waals surface area contributed by atoms with Gasteiger partial charge in [0, 0.05) is 18.2 Å². The smallest absolute Gasteiger partial charge is 0.197 e. The van der Waals surface area contributed by atoms with Crippen LogP contribution in [0.3, 0.4) is 0 Å². The van der Waals surface area contributed by atoms with Gasteiger partial charge >= 0.3 is 0 Å². The molecule has 0 amide bonds. The minimum atomic E-state index is -0.112. The van der Waals surface area contributed by atoms with Gasteiger partial charge in [-0.3, -0.25) is 9.69 Å². The van der Waals surface area contributed by atoms with Crippen molar-refractivity contribution >= 4 is 11.0 Å². The van der Waals surface area contributed by atoms with E-state index in [9.17, 15) is 4.79 Å². The molecule has 1 saturated heterocycles. The van der Waals surface area contributed by atoms with Gasteiger partial charge in [0.15, 0.2) is 5.43 Å². The predicted octanol–water partition coefficient (Wildman–Crippen LogP) is 4.25. The third-order valence-corrected chi connectivity index (χ3v) is 5.17. The van der Waals surface area contributed by atoms with E-state index in [2.05, 4.69) is 4.90 Å². The highest BCUT2D eigenvalue weighted by Gasteiger charge is 2.13. The second-order valence-corrected chi connectivity index (χ2v) is 7.24. The topological polar surface area (TPSA) is 51.9 Å². The number of aryl methyl sites for hydroxylation is 1. The van der Waals surface area contributed by atoms with Gasteiger partial charge in [-0.2, -0.15) is 0 Å². The van der Waals surface area contributed by atoms with Crippen molar-refractivity contribution in [2.45, 2.75) is 19.8 Å². The maximum absolute atomic E-state index is 12.6. The lowest BCUT2D eigenvalue weighted by molar-refractivity contribution is 0.238. The molecule has 5 heteroatoms. The molecule has 0 saturated carbocycles. The van der Waals surface area contributed by atoms with Crippen LogP contribution in [0.5, 0.6) is 11.5 Å². The van der Waals surface area contributed by atoms with Gasteiger partial charge in [-0.15, -0.1) is 0 Å². The summed E-state index contributed by atoms with van der Waals surface area (Å²) in [7, 11) is 1.56. The molecule has 5 nitrogen and oxygen atoms in total. The number of methoxy groups -OCH3 is 1. The van der Waals surface area contributed by atoms with Gasteiger partial charge in [-0.1, -0.05) is 0 Å². The molecule has 0 bridgehead atoms. The van der Waals surface area contributed by atoms with Crippen LogP contribution < -0.4 is 14.9 Å². The first kappa shape index (κ1) is 18.6. The van der Waals surface area contributed by atoms with Gasteiger partial charge in [0.05, 0.1) is 7.11 Å². The van der Waals surface area contributed by atoms with Gasteiger partial charge in [-0.25, -0.2) is 0 Å². The number of ether oxygens (including phenoxy) is 2. The molecule has 2 aromatic carbocycles.